The second kappa shape index (κ2) is 5.34. The normalized spacial score (nSPS) is 21.0. The standard InChI is InChI=1S/C12H22N4/c1-3-16-8-7-14-12(16)15(2)10-11-5-4-6-13-9-11/h7-8,11,13H,3-6,9-10H2,1-2H3. The van der Waals surface area contributed by atoms with Crippen LogP contribution < -0.4 is 10.2 Å². The van der Waals surface area contributed by atoms with E-state index in [0.29, 0.717) is 0 Å². The minimum absolute atomic E-state index is 0.765. The fourth-order valence-corrected chi connectivity index (χ4v) is 2.43. The summed E-state index contributed by atoms with van der Waals surface area (Å²) < 4.78 is 2.19. The summed E-state index contributed by atoms with van der Waals surface area (Å²) in [7, 11) is 2.14. The average molecular weight is 222 g/mol. The molecule has 0 aromatic carbocycles. The van der Waals surface area contributed by atoms with Crippen molar-refractivity contribution in [3.05, 3.63) is 12.4 Å². The van der Waals surface area contributed by atoms with E-state index < -0.39 is 0 Å². The molecule has 2 rings (SSSR count). The number of aromatic nitrogens is 2. The minimum atomic E-state index is 0.765. The third-order valence-electron chi connectivity index (χ3n) is 3.31. The van der Waals surface area contributed by atoms with Crippen LogP contribution in [0.3, 0.4) is 0 Å². The molecule has 1 N–H and O–H groups in total. The second-order valence-electron chi connectivity index (χ2n) is 4.61. The van der Waals surface area contributed by atoms with Gasteiger partial charge in [0.1, 0.15) is 0 Å². The average Bonchev–Trinajstić information content (AvgIpc) is 2.78. The maximum absolute atomic E-state index is 4.42. The van der Waals surface area contributed by atoms with Gasteiger partial charge < -0.3 is 14.8 Å². The summed E-state index contributed by atoms with van der Waals surface area (Å²) in [4.78, 5) is 6.70. The Kier molecular flexibility index (Phi) is 3.83. The number of piperidine rings is 1. The topological polar surface area (TPSA) is 33.1 Å². The van der Waals surface area contributed by atoms with Gasteiger partial charge in [-0.05, 0) is 38.8 Å². The summed E-state index contributed by atoms with van der Waals surface area (Å²) in [5.74, 6) is 1.86. The first-order valence-electron chi connectivity index (χ1n) is 6.24. The lowest BCUT2D eigenvalue weighted by Crippen LogP contribution is -2.37. The lowest BCUT2D eigenvalue weighted by Gasteiger charge is -2.28. The molecule has 0 bridgehead atoms. The van der Waals surface area contributed by atoms with Crippen molar-refractivity contribution in [3.8, 4) is 0 Å². The van der Waals surface area contributed by atoms with Crippen LogP contribution in [-0.2, 0) is 6.54 Å². The Morgan fingerprint density at radius 3 is 3.19 bits per heavy atom. The largest absolute Gasteiger partial charge is 0.345 e. The number of aryl methyl sites for hydroxylation is 1. The molecular weight excluding hydrogens is 200 g/mol. The van der Waals surface area contributed by atoms with E-state index in [9.17, 15) is 0 Å². The maximum atomic E-state index is 4.42. The quantitative estimate of drug-likeness (QED) is 0.834. The number of nitrogens with one attached hydrogen (secondary N) is 1. The molecule has 1 aromatic rings. The maximum Gasteiger partial charge on any atom is 0.205 e. The van der Waals surface area contributed by atoms with Gasteiger partial charge in [-0.25, -0.2) is 4.98 Å². The fourth-order valence-electron chi connectivity index (χ4n) is 2.43. The molecule has 1 unspecified atom stereocenters. The number of rotatable bonds is 4. The van der Waals surface area contributed by atoms with Gasteiger partial charge in [-0.1, -0.05) is 0 Å². The van der Waals surface area contributed by atoms with Crippen LogP contribution in [0, 0.1) is 5.92 Å². The van der Waals surface area contributed by atoms with Crippen LogP contribution in [0.1, 0.15) is 19.8 Å². The number of imidazole rings is 1. The monoisotopic (exact) mass is 222 g/mol. The molecule has 1 fully saturated rings. The number of anilines is 1. The highest BCUT2D eigenvalue weighted by molar-refractivity contribution is 5.29. The molecular formula is C12H22N4. The van der Waals surface area contributed by atoms with Crippen molar-refractivity contribution >= 4 is 5.95 Å². The molecule has 1 aliphatic rings. The van der Waals surface area contributed by atoms with Gasteiger partial charge in [0.05, 0.1) is 0 Å². The number of hydrogen-bond acceptors (Lipinski definition) is 3. The van der Waals surface area contributed by atoms with Gasteiger partial charge in [-0.3, -0.25) is 0 Å². The molecule has 90 valence electrons. The number of nitrogens with zero attached hydrogens (tertiary/aromatic N) is 3. The highest BCUT2D eigenvalue weighted by Crippen LogP contribution is 2.15. The smallest absolute Gasteiger partial charge is 0.205 e. The first-order valence-corrected chi connectivity index (χ1v) is 6.24. The van der Waals surface area contributed by atoms with E-state index in [-0.39, 0.29) is 0 Å². The zero-order valence-electron chi connectivity index (χ0n) is 10.3. The first-order chi connectivity index (χ1) is 7.81. The summed E-state index contributed by atoms with van der Waals surface area (Å²) in [6.45, 7) is 6.58. The summed E-state index contributed by atoms with van der Waals surface area (Å²) in [6.07, 6.45) is 6.57. The zero-order valence-corrected chi connectivity index (χ0v) is 10.3. The Balaban J connectivity index is 1.93. The lowest BCUT2D eigenvalue weighted by molar-refractivity contribution is 0.379. The van der Waals surface area contributed by atoms with Gasteiger partial charge >= 0.3 is 0 Å². The SMILES string of the molecule is CCn1ccnc1N(C)CC1CCCNC1. The van der Waals surface area contributed by atoms with E-state index in [0.717, 1.165) is 31.5 Å². The Morgan fingerprint density at radius 1 is 1.62 bits per heavy atom. The fraction of sp³-hybridized carbons (Fsp3) is 0.750. The summed E-state index contributed by atoms with van der Waals surface area (Å²) in [6, 6.07) is 0. The molecule has 0 amide bonds. The van der Waals surface area contributed by atoms with Crippen LogP contribution in [0.25, 0.3) is 0 Å². The minimum Gasteiger partial charge on any atom is -0.345 e. The van der Waals surface area contributed by atoms with Gasteiger partial charge in [0.25, 0.3) is 0 Å². The molecule has 16 heavy (non-hydrogen) atoms. The van der Waals surface area contributed by atoms with Crippen LogP contribution >= 0.6 is 0 Å². The van der Waals surface area contributed by atoms with Crippen molar-refractivity contribution in [1.82, 2.24) is 14.9 Å². The molecule has 0 radical (unpaired) electrons. The van der Waals surface area contributed by atoms with Crippen molar-refractivity contribution in [2.45, 2.75) is 26.3 Å². The van der Waals surface area contributed by atoms with Crippen LogP contribution in [0.4, 0.5) is 5.95 Å². The lowest BCUT2D eigenvalue weighted by atomic mass is 9.99. The predicted molar refractivity (Wildman–Crippen MR) is 66.8 cm³/mol. The van der Waals surface area contributed by atoms with E-state index in [1.807, 2.05) is 12.4 Å². The summed E-state index contributed by atoms with van der Waals surface area (Å²) in [5.41, 5.74) is 0. The Morgan fingerprint density at radius 2 is 2.50 bits per heavy atom. The van der Waals surface area contributed by atoms with Crippen LogP contribution in [0.2, 0.25) is 0 Å². The van der Waals surface area contributed by atoms with Gasteiger partial charge in [0.2, 0.25) is 5.95 Å². The van der Waals surface area contributed by atoms with E-state index in [4.69, 9.17) is 0 Å². The van der Waals surface area contributed by atoms with Gasteiger partial charge in [0.15, 0.2) is 0 Å². The third kappa shape index (κ3) is 2.55. The molecule has 2 heterocycles. The molecule has 4 nitrogen and oxygen atoms in total. The Labute approximate surface area is 97.7 Å². The van der Waals surface area contributed by atoms with Crippen LogP contribution in [0.15, 0.2) is 12.4 Å². The van der Waals surface area contributed by atoms with Crippen molar-refractivity contribution in [3.63, 3.8) is 0 Å². The molecule has 1 atom stereocenters. The molecule has 4 heteroatoms. The predicted octanol–water partition coefficient (Wildman–Crippen LogP) is 1.34. The molecule has 0 aliphatic carbocycles. The van der Waals surface area contributed by atoms with Gasteiger partial charge in [-0.15, -0.1) is 0 Å². The molecule has 1 aromatic heterocycles. The zero-order chi connectivity index (χ0) is 11.4. The van der Waals surface area contributed by atoms with E-state index in [1.165, 1.54) is 19.4 Å². The van der Waals surface area contributed by atoms with Gasteiger partial charge in [-0.2, -0.15) is 0 Å². The molecule has 1 saturated heterocycles. The van der Waals surface area contributed by atoms with E-state index in [1.54, 1.807) is 0 Å². The first kappa shape index (κ1) is 11.5. The van der Waals surface area contributed by atoms with Crippen molar-refractivity contribution in [2.24, 2.45) is 5.92 Å². The molecule has 0 spiro atoms. The van der Waals surface area contributed by atoms with Crippen molar-refractivity contribution in [2.75, 3.05) is 31.6 Å². The highest BCUT2D eigenvalue weighted by atomic mass is 15.3. The molecule has 1 aliphatic heterocycles. The van der Waals surface area contributed by atoms with Gasteiger partial charge in [0, 0.05) is 32.5 Å². The van der Waals surface area contributed by atoms with Crippen molar-refractivity contribution < 1.29 is 0 Å². The summed E-state index contributed by atoms with van der Waals surface area (Å²) >= 11 is 0. The van der Waals surface area contributed by atoms with E-state index >= 15 is 0 Å². The molecule has 0 saturated carbocycles. The summed E-state index contributed by atoms with van der Waals surface area (Å²) in [5, 5.41) is 3.46. The second-order valence-corrected chi connectivity index (χ2v) is 4.61. The van der Waals surface area contributed by atoms with Crippen LogP contribution in [0.5, 0.6) is 0 Å². The van der Waals surface area contributed by atoms with Crippen LogP contribution in [-0.4, -0.2) is 36.2 Å². The highest BCUT2D eigenvalue weighted by Gasteiger charge is 2.17. The number of hydrogen-bond donors (Lipinski definition) is 1. The Bertz CT molecular complexity index is 315. The Hall–Kier alpha value is -1.03. The third-order valence-corrected chi connectivity index (χ3v) is 3.31. The van der Waals surface area contributed by atoms with E-state index in [2.05, 4.69) is 33.7 Å². The van der Waals surface area contributed by atoms with Crippen molar-refractivity contribution in [1.29, 1.82) is 0 Å².